The van der Waals surface area contributed by atoms with Crippen LogP contribution in [0.4, 0.5) is 0 Å². The molecule has 0 aromatic heterocycles. The van der Waals surface area contributed by atoms with E-state index in [1.165, 1.54) is 12.8 Å². The van der Waals surface area contributed by atoms with Crippen molar-refractivity contribution in [3.8, 4) is 0 Å². The van der Waals surface area contributed by atoms with Crippen LogP contribution in [0, 0.1) is 5.92 Å². The van der Waals surface area contributed by atoms with Crippen molar-refractivity contribution in [2.75, 3.05) is 19.0 Å². The van der Waals surface area contributed by atoms with E-state index in [0.29, 0.717) is 0 Å². The number of hydrogen-bond acceptors (Lipinski definition) is 2. The monoisotopic (exact) mass is 162 g/mol. The maximum absolute atomic E-state index is 5.23. The molecule has 0 spiro atoms. The van der Waals surface area contributed by atoms with Gasteiger partial charge >= 0.3 is 0 Å². The van der Waals surface area contributed by atoms with Crippen LogP contribution in [-0.2, 0) is 4.74 Å². The highest BCUT2D eigenvalue weighted by atomic mass is 32.1. The SMILES string of the molecule is CCOCCC(C)CCS. The summed E-state index contributed by atoms with van der Waals surface area (Å²) in [5.74, 6) is 1.76. The molecule has 0 aliphatic rings. The normalized spacial score (nSPS) is 13.5. The standard InChI is InChI=1S/C8H18OS/c1-3-9-6-4-8(2)5-7-10/h8,10H,3-7H2,1-2H3. The molecule has 0 aliphatic heterocycles. The summed E-state index contributed by atoms with van der Waals surface area (Å²) < 4.78 is 5.23. The van der Waals surface area contributed by atoms with Crippen molar-refractivity contribution >= 4 is 12.6 Å². The fourth-order valence-electron chi connectivity index (χ4n) is 0.794. The van der Waals surface area contributed by atoms with Crippen LogP contribution in [0.5, 0.6) is 0 Å². The summed E-state index contributed by atoms with van der Waals surface area (Å²) in [6, 6.07) is 0. The van der Waals surface area contributed by atoms with E-state index < -0.39 is 0 Å². The Morgan fingerprint density at radius 2 is 2.10 bits per heavy atom. The van der Waals surface area contributed by atoms with E-state index in [-0.39, 0.29) is 0 Å². The van der Waals surface area contributed by atoms with Crippen LogP contribution in [0.25, 0.3) is 0 Å². The minimum absolute atomic E-state index is 0.768. The van der Waals surface area contributed by atoms with Gasteiger partial charge in [-0.25, -0.2) is 0 Å². The van der Waals surface area contributed by atoms with Gasteiger partial charge in [-0.3, -0.25) is 0 Å². The Hall–Kier alpha value is 0.310. The van der Waals surface area contributed by atoms with Gasteiger partial charge in [0, 0.05) is 13.2 Å². The average molecular weight is 162 g/mol. The van der Waals surface area contributed by atoms with Gasteiger partial charge in [0.1, 0.15) is 0 Å². The quantitative estimate of drug-likeness (QED) is 0.466. The van der Waals surface area contributed by atoms with Crippen LogP contribution in [0.1, 0.15) is 26.7 Å². The van der Waals surface area contributed by atoms with Crippen LogP contribution in [0.2, 0.25) is 0 Å². The molecule has 0 aromatic carbocycles. The van der Waals surface area contributed by atoms with Gasteiger partial charge in [-0.05, 0) is 31.4 Å². The summed E-state index contributed by atoms with van der Waals surface area (Å²) in [6.45, 7) is 6.03. The van der Waals surface area contributed by atoms with E-state index in [9.17, 15) is 0 Å². The Morgan fingerprint density at radius 3 is 2.60 bits per heavy atom. The molecule has 0 saturated carbocycles. The van der Waals surface area contributed by atoms with Gasteiger partial charge in [0.05, 0.1) is 0 Å². The Bertz CT molecular complexity index is 66.3. The maximum Gasteiger partial charge on any atom is 0.0468 e. The fourth-order valence-corrected chi connectivity index (χ4v) is 1.23. The third-order valence-corrected chi connectivity index (χ3v) is 1.84. The molecule has 1 unspecified atom stereocenters. The molecule has 62 valence electrons. The third-order valence-electron chi connectivity index (χ3n) is 1.58. The number of rotatable bonds is 6. The van der Waals surface area contributed by atoms with E-state index in [1.807, 2.05) is 6.92 Å². The molecular weight excluding hydrogens is 144 g/mol. The van der Waals surface area contributed by atoms with Gasteiger partial charge < -0.3 is 4.74 Å². The second-order valence-corrected chi connectivity index (χ2v) is 3.05. The summed E-state index contributed by atoms with van der Waals surface area (Å²) in [5.41, 5.74) is 0. The van der Waals surface area contributed by atoms with Gasteiger partial charge in [-0.15, -0.1) is 0 Å². The molecule has 0 aromatic rings. The van der Waals surface area contributed by atoms with Crippen LogP contribution in [-0.4, -0.2) is 19.0 Å². The molecule has 0 heterocycles. The second kappa shape index (κ2) is 7.42. The highest BCUT2D eigenvalue weighted by Crippen LogP contribution is 2.07. The van der Waals surface area contributed by atoms with Crippen molar-refractivity contribution < 1.29 is 4.74 Å². The summed E-state index contributed by atoms with van der Waals surface area (Å²) in [4.78, 5) is 0. The van der Waals surface area contributed by atoms with Crippen molar-refractivity contribution in [3.05, 3.63) is 0 Å². The highest BCUT2D eigenvalue weighted by Gasteiger charge is 1.98. The van der Waals surface area contributed by atoms with Gasteiger partial charge in [0.2, 0.25) is 0 Å². The number of thiol groups is 1. The predicted octanol–water partition coefficient (Wildman–Crippen LogP) is 2.37. The molecule has 2 heteroatoms. The van der Waals surface area contributed by atoms with Crippen molar-refractivity contribution in [1.29, 1.82) is 0 Å². The first-order chi connectivity index (χ1) is 4.81. The zero-order chi connectivity index (χ0) is 7.82. The zero-order valence-electron chi connectivity index (χ0n) is 6.97. The first kappa shape index (κ1) is 10.3. The first-order valence-electron chi connectivity index (χ1n) is 3.99. The van der Waals surface area contributed by atoms with Gasteiger partial charge in [0.25, 0.3) is 0 Å². The minimum atomic E-state index is 0.768. The van der Waals surface area contributed by atoms with Crippen LogP contribution in [0.15, 0.2) is 0 Å². The molecule has 0 rings (SSSR count). The van der Waals surface area contributed by atoms with Crippen LogP contribution < -0.4 is 0 Å². The van der Waals surface area contributed by atoms with Crippen molar-refractivity contribution in [1.82, 2.24) is 0 Å². The second-order valence-electron chi connectivity index (χ2n) is 2.60. The third kappa shape index (κ3) is 6.43. The van der Waals surface area contributed by atoms with E-state index >= 15 is 0 Å². The molecule has 0 saturated heterocycles. The summed E-state index contributed by atoms with van der Waals surface area (Å²) >= 11 is 4.16. The van der Waals surface area contributed by atoms with Gasteiger partial charge in [-0.2, -0.15) is 12.6 Å². The fraction of sp³-hybridized carbons (Fsp3) is 1.00. The first-order valence-corrected chi connectivity index (χ1v) is 4.63. The smallest absolute Gasteiger partial charge is 0.0468 e. The molecule has 1 nitrogen and oxygen atoms in total. The lowest BCUT2D eigenvalue weighted by atomic mass is 10.1. The van der Waals surface area contributed by atoms with E-state index in [2.05, 4.69) is 19.6 Å². The summed E-state index contributed by atoms with van der Waals surface area (Å²) in [7, 11) is 0. The molecule has 0 fully saturated rings. The van der Waals surface area contributed by atoms with Crippen LogP contribution in [0.3, 0.4) is 0 Å². The van der Waals surface area contributed by atoms with Crippen LogP contribution >= 0.6 is 12.6 Å². The van der Waals surface area contributed by atoms with Crippen molar-refractivity contribution in [2.45, 2.75) is 26.7 Å². The lowest BCUT2D eigenvalue weighted by molar-refractivity contribution is 0.133. The Labute approximate surface area is 69.6 Å². The molecule has 0 bridgehead atoms. The Morgan fingerprint density at radius 1 is 1.40 bits per heavy atom. The molecular formula is C8H18OS. The van der Waals surface area contributed by atoms with E-state index in [4.69, 9.17) is 4.74 Å². The number of hydrogen-bond donors (Lipinski definition) is 1. The molecule has 0 amide bonds. The Balaban J connectivity index is 2.97. The van der Waals surface area contributed by atoms with Crippen molar-refractivity contribution in [3.63, 3.8) is 0 Å². The topological polar surface area (TPSA) is 9.23 Å². The average Bonchev–Trinajstić information content (AvgIpc) is 1.89. The lowest BCUT2D eigenvalue weighted by Crippen LogP contribution is -2.02. The molecule has 0 radical (unpaired) electrons. The van der Waals surface area contributed by atoms with Crippen molar-refractivity contribution in [2.24, 2.45) is 5.92 Å². The zero-order valence-corrected chi connectivity index (χ0v) is 7.86. The van der Waals surface area contributed by atoms with E-state index in [1.54, 1.807) is 0 Å². The molecule has 1 atom stereocenters. The molecule has 10 heavy (non-hydrogen) atoms. The largest absolute Gasteiger partial charge is 0.382 e. The highest BCUT2D eigenvalue weighted by molar-refractivity contribution is 7.80. The minimum Gasteiger partial charge on any atom is -0.382 e. The lowest BCUT2D eigenvalue weighted by Gasteiger charge is -2.08. The maximum atomic E-state index is 5.23. The summed E-state index contributed by atoms with van der Waals surface area (Å²) in [6.07, 6.45) is 2.38. The number of ether oxygens (including phenoxy) is 1. The molecule has 0 aliphatic carbocycles. The van der Waals surface area contributed by atoms with E-state index in [0.717, 1.165) is 24.9 Å². The predicted molar refractivity (Wildman–Crippen MR) is 48.7 cm³/mol. The Kier molecular flexibility index (Phi) is 7.65. The molecule has 0 N–H and O–H groups in total. The van der Waals surface area contributed by atoms with Gasteiger partial charge in [-0.1, -0.05) is 6.92 Å². The summed E-state index contributed by atoms with van der Waals surface area (Å²) in [5, 5.41) is 0. The van der Waals surface area contributed by atoms with Gasteiger partial charge in [0.15, 0.2) is 0 Å².